The van der Waals surface area contributed by atoms with E-state index >= 15 is 0 Å². The zero-order valence-corrected chi connectivity index (χ0v) is 4.55. The quantitative estimate of drug-likeness (QED) is 0.296. The highest BCUT2D eigenvalue weighted by Crippen LogP contribution is 1.83. The fourth-order valence-electron chi connectivity index (χ4n) is 0.0911. The summed E-state index contributed by atoms with van der Waals surface area (Å²) in [5.41, 5.74) is 11.7. The molecule has 1 unspecified atom stereocenters. The molecule has 0 aromatic heterocycles. The first kappa shape index (κ1) is 6.36. The van der Waals surface area contributed by atoms with Gasteiger partial charge in [0.2, 0.25) is 0 Å². The monoisotopic (exact) mass is 102 g/mol. The first-order chi connectivity index (χ1) is 3.18. The number of nitrogens with two attached hydrogens (primary N) is 1. The average Bonchev–Trinajstić information content (AvgIpc) is 1.65. The second-order valence-electron chi connectivity index (χ2n) is 1.41. The molecule has 0 aliphatic rings. The minimum absolute atomic E-state index is 0.155. The smallest absolute Gasteiger partial charge is 0.0924 e. The summed E-state index contributed by atoms with van der Waals surface area (Å²) < 4.78 is 0. The maximum absolute atomic E-state index is 6.41. The van der Waals surface area contributed by atoms with Crippen LogP contribution in [0.25, 0.3) is 0 Å². The third-order valence-corrected chi connectivity index (χ3v) is 0.747. The van der Waals surface area contributed by atoms with Gasteiger partial charge in [-0.25, -0.2) is 0 Å². The maximum Gasteiger partial charge on any atom is 0.0924 e. The third kappa shape index (κ3) is 2.11. The van der Waals surface area contributed by atoms with Gasteiger partial charge in [0.15, 0.2) is 0 Å². The lowest BCUT2D eigenvalue weighted by atomic mass is 10.6. The van der Waals surface area contributed by atoms with Crippen LogP contribution in [0.1, 0.15) is 6.92 Å². The van der Waals surface area contributed by atoms with Crippen LogP contribution in [0.2, 0.25) is 0 Å². The van der Waals surface area contributed by atoms with Crippen molar-refractivity contribution in [3.05, 3.63) is 0 Å². The maximum atomic E-state index is 6.41. The van der Waals surface area contributed by atoms with Crippen LogP contribution in [0, 0.1) is 5.53 Å². The van der Waals surface area contributed by atoms with Crippen LogP contribution in [0.5, 0.6) is 0 Å². The van der Waals surface area contributed by atoms with Gasteiger partial charge in [0.05, 0.1) is 6.17 Å². The first-order valence-corrected chi connectivity index (χ1v) is 2.04. The van der Waals surface area contributed by atoms with Crippen molar-refractivity contribution in [2.75, 3.05) is 7.05 Å². The fourth-order valence-corrected chi connectivity index (χ4v) is 0.0911. The summed E-state index contributed by atoms with van der Waals surface area (Å²) in [6.45, 7) is 1.76. The Labute approximate surface area is 42.8 Å². The van der Waals surface area contributed by atoms with Gasteiger partial charge in [0.1, 0.15) is 0 Å². The van der Waals surface area contributed by atoms with E-state index in [0.29, 0.717) is 0 Å². The predicted octanol–water partition coefficient (Wildman–Crippen LogP) is 0.169. The average molecular weight is 102 g/mol. The topological polar surface area (TPSA) is 65.5 Å². The summed E-state index contributed by atoms with van der Waals surface area (Å²) in [5, 5.41) is 4.41. The summed E-state index contributed by atoms with van der Waals surface area (Å²) in [7, 11) is 1.65. The molecule has 0 spiro atoms. The van der Waals surface area contributed by atoms with Crippen molar-refractivity contribution in [2.24, 2.45) is 11.0 Å². The van der Waals surface area contributed by atoms with Gasteiger partial charge in [-0.2, -0.15) is 5.53 Å². The molecule has 42 valence electrons. The molecular formula is C3H10N4. The Morgan fingerprint density at radius 1 is 1.86 bits per heavy atom. The third-order valence-electron chi connectivity index (χ3n) is 0.747. The van der Waals surface area contributed by atoms with E-state index in [1.165, 1.54) is 5.01 Å². The van der Waals surface area contributed by atoms with E-state index in [-0.39, 0.29) is 6.17 Å². The summed E-state index contributed by atoms with van der Waals surface area (Å²) in [6, 6.07) is 0. The number of rotatable bonds is 2. The van der Waals surface area contributed by atoms with Gasteiger partial charge in [-0.1, -0.05) is 5.22 Å². The lowest BCUT2D eigenvalue weighted by Crippen LogP contribution is -2.31. The van der Waals surface area contributed by atoms with Gasteiger partial charge >= 0.3 is 0 Å². The molecule has 0 saturated heterocycles. The number of hydrogen-bond acceptors (Lipinski definition) is 3. The zero-order valence-electron chi connectivity index (χ0n) is 4.55. The van der Waals surface area contributed by atoms with Gasteiger partial charge in [-0.05, 0) is 6.92 Å². The molecule has 3 N–H and O–H groups in total. The Bertz CT molecular complexity index is 60.0. The number of hydrogen-bond donors (Lipinski definition) is 2. The molecule has 0 aliphatic carbocycles. The molecule has 0 bridgehead atoms. The second kappa shape index (κ2) is 2.52. The van der Waals surface area contributed by atoms with E-state index in [9.17, 15) is 0 Å². The highest BCUT2D eigenvalue weighted by molar-refractivity contribution is 4.42. The molecule has 0 saturated carbocycles. The van der Waals surface area contributed by atoms with Crippen LogP contribution in [0.4, 0.5) is 0 Å². The van der Waals surface area contributed by atoms with Crippen molar-refractivity contribution in [1.82, 2.24) is 5.01 Å². The van der Waals surface area contributed by atoms with Crippen molar-refractivity contribution in [3.63, 3.8) is 0 Å². The van der Waals surface area contributed by atoms with E-state index in [2.05, 4.69) is 5.22 Å². The summed E-state index contributed by atoms with van der Waals surface area (Å²) in [6.07, 6.45) is -0.155. The normalized spacial score (nSPS) is 13.0. The molecule has 4 heteroatoms. The van der Waals surface area contributed by atoms with Crippen LogP contribution in [0.15, 0.2) is 5.22 Å². The van der Waals surface area contributed by atoms with E-state index in [0.717, 1.165) is 0 Å². The van der Waals surface area contributed by atoms with Gasteiger partial charge < -0.3 is 5.73 Å². The highest BCUT2D eigenvalue weighted by Gasteiger charge is 1.94. The van der Waals surface area contributed by atoms with E-state index in [1.54, 1.807) is 14.0 Å². The molecule has 0 rings (SSSR count). The molecule has 0 aromatic carbocycles. The van der Waals surface area contributed by atoms with Crippen molar-refractivity contribution in [3.8, 4) is 0 Å². The Morgan fingerprint density at radius 2 is 2.29 bits per heavy atom. The minimum atomic E-state index is -0.155. The lowest BCUT2D eigenvalue weighted by molar-refractivity contribution is 0.250. The van der Waals surface area contributed by atoms with Crippen LogP contribution in [-0.2, 0) is 0 Å². The molecule has 0 amide bonds. The van der Waals surface area contributed by atoms with Crippen molar-refractivity contribution >= 4 is 0 Å². The molecule has 0 fully saturated rings. The Hall–Kier alpha value is -0.640. The van der Waals surface area contributed by atoms with Crippen molar-refractivity contribution in [1.29, 1.82) is 5.53 Å². The van der Waals surface area contributed by atoms with Crippen LogP contribution < -0.4 is 5.73 Å². The van der Waals surface area contributed by atoms with Gasteiger partial charge in [0.25, 0.3) is 0 Å². The second-order valence-corrected chi connectivity index (χ2v) is 1.41. The molecule has 1 atom stereocenters. The molecular weight excluding hydrogens is 92.1 g/mol. The van der Waals surface area contributed by atoms with Crippen molar-refractivity contribution in [2.45, 2.75) is 13.1 Å². The fraction of sp³-hybridized carbons (Fsp3) is 1.00. The van der Waals surface area contributed by atoms with Gasteiger partial charge in [-0.15, -0.1) is 0 Å². The number of nitrogens with one attached hydrogen (secondary N) is 1. The van der Waals surface area contributed by atoms with Crippen LogP contribution in [0.3, 0.4) is 0 Å². The molecule has 7 heavy (non-hydrogen) atoms. The molecule has 0 radical (unpaired) electrons. The highest BCUT2D eigenvalue weighted by atomic mass is 15.5. The first-order valence-electron chi connectivity index (χ1n) is 2.04. The predicted molar refractivity (Wildman–Crippen MR) is 26.6 cm³/mol. The largest absolute Gasteiger partial charge is 0.310 e. The van der Waals surface area contributed by atoms with E-state index < -0.39 is 0 Å². The van der Waals surface area contributed by atoms with Crippen LogP contribution >= 0.6 is 0 Å². The Balaban J connectivity index is 3.33. The minimum Gasteiger partial charge on any atom is -0.310 e. The summed E-state index contributed by atoms with van der Waals surface area (Å²) in [4.78, 5) is 0. The molecule has 0 aromatic rings. The lowest BCUT2D eigenvalue weighted by Gasteiger charge is -2.13. The summed E-state index contributed by atoms with van der Waals surface area (Å²) >= 11 is 0. The SMILES string of the molecule is CC(N)N(C)N=N. The Kier molecular flexibility index (Phi) is 2.29. The standard InChI is InChI=1S/C3H10N4/c1-3(4)7(2)6-5/h3,5H,4H2,1-2H3. The zero-order chi connectivity index (χ0) is 5.86. The number of nitrogens with zero attached hydrogens (tertiary/aromatic N) is 2. The Morgan fingerprint density at radius 3 is 2.29 bits per heavy atom. The van der Waals surface area contributed by atoms with Gasteiger partial charge in [-0.3, -0.25) is 5.01 Å². The molecule has 4 nitrogen and oxygen atoms in total. The van der Waals surface area contributed by atoms with Gasteiger partial charge in [0, 0.05) is 7.05 Å². The van der Waals surface area contributed by atoms with Crippen molar-refractivity contribution < 1.29 is 0 Å². The molecule has 0 aliphatic heterocycles. The van der Waals surface area contributed by atoms with E-state index in [1.807, 2.05) is 0 Å². The summed E-state index contributed by atoms with van der Waals surface area (Å²) in [5.74, 6) is 0. The van der Waals surface area contributed by atoms with Crippen LogP contribution in [-0.4, -0.2) is 18.2 Å². The van der Waals surface area contributed by atoms with E-state index in [4.69, 9.17) is 11.3 Å². The molecule has 0 heterocycles.